The van der Waals surface area contributed by atoms with Gasteiger partial charge in [-0.1, -0.05) is 0 Å². The van der Waals surface area contributed by atoms with E-state index in [1.165, 1.54) is 6.07 Å². The van der Waals surface area contributed by atoms with E-state index in [4.69, 9.17) is 4.42 Å². The van der Waals surface area contributed by atoms with Crippen LogP contribution in [0, 0.1) is 6.01 Å². The lowest BCUT2D eigenvalue weighted by Crippen LogP contribution is -1.95. The van der Waals surface area contributed by atoms with E-state index < -0.39 is 6.01 Å². The highest BCUT2D eigenvalue weighted by Crippen LogP contribution is 2.22. The van der Waals surface area contributed by atoms with Crippen LogP contribution in [0.4, 0.5) is 10.1 Å². The molecule has 0 aliphatic rings. The van der Waals surface area contributed by atoms with E-state index >= 15 is 0 Å². The normalized spacial score (nSPS) is 10.3. The second kappa shape index (κ2) is 4.17. The van der Waals surface area contributed by atoms with E-state index in [1.54, 1.807) is 6.07 Å². The van der Waals surface area contributed by atoms with Gasteiger partial charge in [0, 0.05) is 23.9 Å². The quantitative estimate of drug-likeness (QED) is 0.829. The summed E-state index contributed by atoms with van der Waals surface area (Å²) in [6.07, 6.45) is 0. The van der Waals surface area contributed by atoms with Gasteiger partial charge in [0.2, 0.25) is 0 Å². The molecule has 1 aromatic heterocycles. The summed E-state index contributed by atoms with van der Waals surface area (Å²) >= 11 is 0. The van der Waals surface area contributed by atoms with Crippen LogP contribution in [-0.2, 0) is 0 Å². The Kier molecular flexibility index (Phi) is 2.72. The molecule has 0 atom stereocenters. The van der Waals surface area contributed by atoms with Crippen LogP contribution in [0.25, 0.3) is 11.3 Å². The summed E-state index contributed by atoms with van der Waals surface area (Å²) in [7, 11) is 0. The van der Waals surface area contributed by atoms with E-state index in [1.807, 2.05) is 31.2 Å². The van der Waals surface area contributed by atoms with Crippen molar-refractivity contribution < 1.29 is 8.81 Å². The van der Waals surface area contributed by atoms with Crippen molar-refractivity contribution in [3.05, 3.63) is 42.4 Å². The topological polar surface area (TPSA) is 25.2 Å². The van der Waals surface area contributed by atoms with Crippen molar-refractivity contribution in [1.29, 1.82) is 0 Å². The van der Waals surface area contributed by atoms with Crippen LogP contribution in [0.15, 0.2) is 40.8 Å². The molecule has 15 heavy (non-hydrogen) atoms. The Labute approximate surface area is 87.7 Å². The van der Waals surface area contributed by atoms with Crippen molar-refractivity contribution in [1.82, 2.24) is 0 Å². The lowest BCUT2D eigenvalue weighted by atomic mass is 10.1. The SMILES string of the molecule is CCNc1ccc(-c2ccc(F)o2)cc1. The van der Waals surface area contributed by atoms with E-state index in [-0.39, 0.29) is 0 Å². The summed E-state index contributed by atoms with van der Waals surface area (Å²) in [6, 6.07) is 10.1. The Morgan fingerprint density at radius 1 is 1.13 bits per heavy atom. The molecule has 0 spiro atoms. The zero-order valence-corrected chi connectivity index (χ0v) is 8.46. The van der Waals surface area contributed by atoms with Crippen molar-refractivity contribution in [2.75, 3.05) is 11.9 Å². The molecule has 0 saturated heterocycles. The minimum absolute atomic E-state index is 0.551. The molecule has 0 aliphatic heterocycles. The maximum atomic E-state index is 12.6. The van der Waals surface area contributed by atoms with Gasteiger partial charge in [0.25, 0.3) is 6.01 Å². The summed E-state index contributed by atoms with van der Waals surface area (Å²) in [5, 5.41) is 3.19. The third kappa shape index (κ3) is 2.18. The largest absolute Gasteiger partial charge is 0.431 e. The number of benzene rings is 1. The van der Waals surface area contributed by atoms with Crippen LogP contribution in [-0.4, -0.2) is 6.54 Å². The first-order valence-electron chi connectivity index (χ1n) is 4.89. The molecule has 3 heteroatoms. The number of furan rings is 1. The summed E-state index contributed by atoms with van der Waals surface area (Å²) in [6.45, 7) is 2.92. The number of halogens is 1. The van der Waals surface area contributed by atoms with Crippen molar-refractivity contribution in [3.63, 3.8) is 0 Å². The molecule has 2 rings (SSSR count). The minimum atomic E-state index is -0.555. The van der Waals surface area contributed by atoms with Crippen LogP contribution in [0.5, 0.6) is 0 Å². The highest BCUT2D eigenvalue weighted by atomic mass is 19.1. The van der Waals surface area contributed by atoms with Gasteiger partial charge in [-0.3, -0.25) is 0 Å². The first-order chi connectivity index (χ1) is 7.29. The maximum absolute atomic E-state index is 12.6. The second-order valence-corrected chi connectivity index (χ2v) is 3.21. The first kappa shape index (κ1) is 9.77. The monoisotopic (exact) mass is 205 g/mol. The van der Waals surface area contributed by atoms with Gasteiger partial charge in [0.15, 0.2) is 0 Å². The fraction of sp³-hybridized carbons (Fsp3) is 0.167. The van der Waals surface area contributed by atoms with Crippen LogP contribution in [0.3, 0.4) is 0 Å². The minimum Gasteiger partial charge on any atom is -0.431 e. The molecule has 1 heterocycles. The molecule has 0 aliphatic carbocycles. The number of hydrogen-bond donors (Lipinski definition) is 1. The molecule has 0 fully saturated rings. The van der Waals surface area contributed by atoms with Crippen molar-refractivity contribution >= 4 is 5.69 Å². The fourth-order valence-corrected chi connectivity index (χ4v) is 1.43. The van der Waals surface area contributed by atoms with Gasteiger partial charge in [0.1, 0.15) is 5.76 Å². The summed E-state index contributed by atoms with van der Waals surface area (Å²) < 4.78 is 17.5. The Morgan fingerprint density at radius 2 is 1.87 bits per heavy atom. The van der Waals surface area contributed by atoms with Gasteiger partial charge in [-0.05, 0) is 37.3 Å². The Morgan fingerprint density at radius 3 is 2.40 bits per heavy atom. The van der Waals surface area contributed by atoms with Gasteiger partial charge >= 0.3 is 0 Å². The van der Waals surface area contributed by atoms with E-state index in [0.717, 1.165) is 17.8 Å². The predicted molar refractivity (Wildman–Crippen MR) is 58.3 cm³/mol. The number of rotatable bonds is 3. The third-order valence-electron chi connectivity index (χ3n) is 2.12. The molecule has 0 radical (unpaired) electrons. The lowest BCUT2D eigenvalue weighted by Gasteiger charge is -2.03. The van der Waals surface area contributed by atoms with Crippen LogP contribution in [0.1, 0.15) is 6.92 Å². The smallest absolute Gasteiger partial charge is 0.278 e. The first-order valence-corrected chi connectivity index (χ1v) is 4.89. The van der Waals surface area contributed by atoms with E-state index in [9.17, 15) is 4.39 Å². The van der Waals surface area contributed by atoms with Gasteiger partial charge in [-0.25, -0.2) is 0 Å². The lowest BCUT2D eigenvalue weighted by molar-refractivity contribution is 0.367. The van der Waals surface area contributed by atoms with Gasteiger partial charge in [0.05, 0.1) is 0 Å². The molecule has 0 amide bonds. The molecule has 78 valence electrons. The molecule has 0 saturated carbocycles. The number of anilines is 1. The van der Waals surface area contributed by atoms with Crippen LogP contribution < -0.4 is 5.32 Å². The van der Waals surface area contributed by atoms with Crippen molar-refractivity contribution in [2.45, 2.75) is 6.92 Å². The second-order valence-electron chi connectivity index (χ2n) is 3.21. The Balaban J connectivity index is 2.23. The average Bonchev–Trinajstić information content (AvgIpc) is 2.67. The van der Waals surface area contributed by atoms with Gasteiger partial charge in [-0.15, -0.1) is 0 Å². The van der Waals surface area contributed by atoms with E-state index in [2.05, 4.69) is 5.32 Å². The molecule has 1 aromatic carbocycles. The molecule has 1 N–H and O–H groups in total. The van der Waals surface area contributed by atoms with Crippen LogP contribution in [0.2, 0.25) is 0 Å². The highest BCUT2D eigenvalue weighted by molar-refractivity contribution is 5.61. The van der Waals surface area contributed by atoms with Gasteiger partial charge in [-0.2, -0.15) is 4.39 Å². The highest BCUT2D eigenvalue weighted by Gasteiger charge is 2.03. The average molecular weight is 205 g/mol. The summed E-state index contributed by atoms with van der Waals surface area (Å²) in [5.41, 5.74) is 1.92. The van der Waals surface area contributed by atoms with Crippen LogP contribution >= 0.6 is 0 Å². The number of nitrogens with one attached hydrogen (secondary N) is 1. The third-order valence-corrected chi connectivity index (χ3v) is 2.12. The zero-order chi connectivity index (χ0) is 10.7. The number of hydrogen-bond acceptors (Lipinski definition) is 2. The summed E-state index contributed by atoms with van der Waals surface area (Å²) in [4.78, 5) is 0. The zero-order valence-electron chi connectivity index (χ0n) is 8.46. The Bertz CT molecular complexity index is 433. The van der Waals surface area contributed by atoms with Crippen molar-refractivity contribution in [3.8, 4) is 11.3 Å². The molecule has 2 nitrogen and oxygen atoms in total. The van der Waals surface area contributed by atoms with Gasteiger partial charge < -0.3 is 9.73 Å². The molecule has 0 unspecified atom stereocenters. The molecule has 0 bridgehead atoms. The van der Waals surface area contributed by atoms with E-state index in [0.29, 0.717) is 5.76 Å². The Hall–Kier alpha value is -1.77. The molecule has 2 aromatic rings. The molecular formula is C12H12FNO. The fourth-order valence-electron chi connectivity index (χ4n) is 1.43. The van der Waals surface area contributed by atoms with Crippen molar-refractivity contribution in [2.24, 2.45) is 0 Å². The summed E-state index contributed by atoms with van der Waals surface area (Å²) in [5.74, 6) is 0.551. The maximum Gasteiger partial charge on any atom is 0.278 e. The predicted octanol–water partition coefficient (Wildman–Crippen LogP) is 3.52. The molecular weight excluding hydrogens is 193 g/mol. The standard InChI is InChI=1S/C12H12FNO/c1-2-14-10-5-3-9(4-6-10)11-7-8-12(13)15-11/h3-8,14H,2H2,1H3.